The Morgan fingerprint density at radius 3 is 2.83 bits per heavy atom. The van der Waals surface area contributed by atoms with Crippen LogP contribution >= 0.6 is 22.9 Å². The van der Waals surface area contributed by atoms with Crippen molar-refractivity contribution in [3.05, 3.63) is 42.6 Å². The van der Waals surface area contributed by atoms with Crippen LogP contribution in [0.1, 0.15) is 9.88 Å². The molecule has 1 aromatic heterocycles. The van der Waals surface area contributed by atoms with E-state index < -0.39 is 5.95 Å². The molecule has 2 aromatic rings. The first-order valence-electron chi connectivity index (χ1n) is 5.13. The van der Waals surface area contributed by atoms with Gasteiger partial charge in [-0.05, 0) is 0 Å². The zero-order chi connectivity index (χ0) is 13.1. The van der Waals surface area contributed by atoms with E-state index in [0.717, 1.165) is 0 Å². The molecule has 98 valence electrons. The summed E-state index contributed by atoms with van der Waals surface area (Å²) in [5.41, 5.74) is 0. The fourth-order valence-electron chi connectivity index (χ4n) is 1.34. The van der Waals surface area contributed by atoms with Gasteiger partial charge in [0.1, 0.15) is 0 Å². The summed E-state index contributed by atoms with van der Waals surface area (Å²) < 4.78 is 19.9. The first-order chi connectivity index (χ1) is 8.60. The van der Waals surface area contributed by atoms with Crippen molar-refractivity contribution in [2.24, 2.45) is 0 Å². The number of nitrogens with zero attached hydrogens (tertiary/aromatic N) is 1. The summed E-state index contributed by atoms with van der Waals surface area (Å²) in [4.78, 5) is 6.53. The van der Waals surface area contributed by atoms with Gasteiger partial charge >= 0.3 is 125 Å². The van der Waals surface area contributed by atoms with Gasteiger partial charge in [0.15, 0.2) is 0 Å². The Labute approximate surface area is 124 Å². The third kappa shape index (κ3) is 3.33. The van der Waals surface area contributed by atoms with Gasteiger partial charge in [-0.25, -0.2) is 0 Å². The van der Waals surface area contributed by atoms with Crippen molar-refractivity contribution in [2.75, 3.05) is 4.93 Å². The molecule has 0 bridgehead atoms. The van der Waals surface area contributed by atoms with Gasteiger partial charge < -0.3 is 0 Å². The quantitative estimate of drug-likeness (QED) is 0.559. The number of halogens is 3. The number of aryl methyl sites for hydroxylation is 1. The SMILES string of the molecule is C[I-]c1ccc(OCc2nc(F)c(C)s2)c(Cl)c1. The molecule has 0 spiro atoms. The van der Waals surface area contributed by atoms with Crippen molar-refractivity contribution >= 4 is 22.9 Å². The summed E-state index contributed by atoms with van der Waals surface area (Å²) in [7, 11) is 0. The Hall–Kier alpha value is -0.400. The van der Waals surface area contributed by atoms with Crippen molar-refractivity contribution in [1.29, 1.82) is 0 Å². The third-order valence-electron chi connectivity index (χ3n) is 2.25. The van der Waals surface area contributed by atoms with E-state index in [1.165, 1.54) is 14.9 Å². The van der Waals surface area contributed by atoms with E-state index >= 15 is 0 Å². The van der Waals surface area contributed by atoms with Crippen LogP contribution in [0.5, 0.6) is 5.75 Å². The van der Waals surface area contributed by atoms with Gasteiger partial charge in [-0.15, -0.1) is 0 Å². The van der Waals surface area contributed by atoms with E-state index in [4.69, 9.17) is 16.3 Å². The summed E-state index contributed by atoms with van der Waals surface area (Å²) in [6, 6.07) is 5.80. The number of aromatic nitrogens is 1. The average molecular weight is 399 g/mol. The molecule has 0 aliphatic carbocycles. The van der Waals surface area contributed by atoms with E-state index in [0.29, 0.717) is 20.7 Å². The summed E-state index contributed by atoms with van der Waals surface area (Å²) in [5.74, 6) is 0.196. The Kier molecular flexibility index (Phi) is 4.80. The van der Waals surface area contributed by atoms with Crippen molar-refractivity contribution in [1.82, 2.24) is 4.98 Å². The number of alkyl halides is 1. The van der Waals surface area contributed by atoms with Crippen LogP contribution < -0.4 is 25.9 Å². The van der Waals surface area contributed by atoms with Crippen LogP contribution in [0.25, 0.3) is 0 Å². The maximum atomic E-state index is 13.1. The number of hydrogen-bond acceptors (Lipinski definition) is 3. The molecule has 0 N–H and O–H groups in total. The Morgan fingerprint density at radius 2 is 2.28 bits per heavy atom. The molecular formula is C12H11ClFINOS-. The fraction of sp³-hybridized carbons (Fsp3) is 0.250. The second-order valence-electron chi connectivity index (χ2n) is 3.51. The van der Waals surface area contributed by atoms with E-state index in [1.54, 1.807) is 6.92 Å². The molecule has 1 aromatic carbocycles. The average Bonchev–Trinajstić information content (AvgIpc) is 2.67. The predicted molar refractivity (Wildman–Crippen MR) is 67.2 cm³/mol. The number of rotatable bonds is 4. The molecule has 0 atom stereocenters. The number of hydrogen-bond donors (Lipinski definition) is 0. The van der Waals surface area contributed by atoms with Gasteiger partial charge in [0.2, 0.25) is 0 Å². The van der Waals surface area contributed by atoms with Gasteiger partial charge in [0, 0.05) is 0 Å². The molecule has 0 saturated heterocycles. The van der Waals surface area contributed by atoms with Gasteiger partial charge in [0.25, 0.3) is 0 Å². The van der Waals surface area contributed by atoms with Crippen LogP contribution in [0, 0.1) is 16.4 Å². The van der Waals surface area contributed by atoms with Crippen molar-refractivity contribution < 1.29 is 30.3 Å². The fourth-order valence-corrected chi connectivity index (χ4v) is 3.65. The molecule has 0 aliphatic heterocycles. The molecule has 18 heavy (non-hydrogen) atoms. The second kappa shape index (κ2) is 6.16. The Balaban J connectivity index is 2.06. The topological polar surface area (TPSA) is 22.1 Å². The van der Waals surface area contributed by atoms with Gasteiger partial charge in [0.05, 0.1) is 0 Å². The molecule has 2 rings (SSSR count). The summed E-state index contributed by atoms with van der Waals surface area (Å²) in [5, 5.41) is 1.22. The van der Waals surface area contributed by atoms with Crippen LogP contribution in [0.3, 0.4) is 0 Å². The molecule has 0 fully saturated rings. The molecule has 0 amide bonds. The van der Waals surface area contributed by atoms with Crippen molar-refractivity contribution in [2.45, 2.75) is 13.5 Å². The molecule has 6 heteroatoms. The molecule has 0 unspecified atom stereocenters. The zero-order valence-electron chi connectivity index (χ0n) is 9.84. The molecule has 2 nitrogen and oxygen atoms in total. The number of benzene rings is 1. The zero-order valence-corrected chi connectivity index (χ0v) is 13.6. The molecule has 1 heterocycles. The van der Waals surface area contributed by atoms with Gasteiger partial charge in [-0.1, -0.05) is 0 Å². The van der Waals surface area contributed by atoms with E-state index in [1.807, 2.05) is 18.2 Å². The monoisotopic (exact) mass is 398 g/mol. The third-order valence-corrected chi connectivity index (χ3v) is 5.38. The summed E-state index contributed by atoms with van der Waals surface area (Å²) in [6.45, 7) is 1.94. The molecule has 0 radical (unpaired) electrons. The maximum absolute atomic E-state index is 13.1. The molecule has 0 saturated carbocycles. The van der Waals surface area contributed by atoms with Gasteiger partial charge in [-0.2, -0.15) is 0 Å². The van der Waals surface area contributed by atoms with Crippen LogP contribution in [-0.2, 0) is 6.61 Å². The van der Waals surface area contributed by atoms with Gasteiger partial charge in [-0.3, -0.25) is 0 Å². The molecular weight excluding hydrogens is 388 g/mol. The molecule has 0 aliphatic rings. The van der Waals surface area contributed by atoms with E-state index in [-0.39, 0.29) is 27.8 Å². The second-order valence-corrected chi connectivity index (χ2v) is 7.53. The van der Waals surface area contributed by atoms with E-state index in [9.17, 15) is 4.39 Å². The van der Waals surface area contributed by atoms with Crippen LogP contribution in [-0.4, -0.2) is 9.91 Å². The van der Waals surface area contributed by atoms with Crippen molar-refractivity contribution in [3.63, 3.8) is 0 Å². The minimum absolute atomic E-state index is 0.0245. The van der Waals surface area contributed by atoms with Crippen LogP contribution in [0.4, 0.5) is 4.39 Å². The summed E-state index contributed by atoms with van der Waals surface area (Å²) in [6.07, 6.45) is 0. The first kappa shape index (κ1) is 14.0. The Bertz CT molecular complexity index is 542. The minimum atomic E-state index is -0.421. The van der Waals surface area contributed by atoms with E-state index in [2.05, 4.69) is 9.91 Å². The van der Waals surface area contributed by atoms with Crippen LogP contribution in [0.15, 0.2) is 18.2 Å². The standard InChI is InChI=1S/C12H11ClFINOS/c1-7-12(14)16-11(18-7)6-17-10-4-3-8(15-2)5-9(10)13/h3-5H,6H2,1-2H3/q-1. The summed E-state index contributed by atoms with van der Waals surface area (Å²) >= 11 is 7.44. The predicted octanol–water partition coefficient (Wildman–Crippen LogP) is 0.711. The first-order valence-corrected chi connectivity index (χ1v) is 9.57. The number of thiazole rings is 1. The normalized spacial score (nSPS) is 10.9. The Morgan fingerprint density at radius 1 is 1.50 bits per heavy atom. The number of ether oxygens (including phenoxy) is 1. The van der Waals surface area contributed by atoms with Crippen LogP contribution in [0.2, 0.25) is 5.02 Å². The van der Waals surface area contributed by atoms with Crippen molar-refractivity contribution in [3.8, 4) is 5.75 Å².